The van der Waals surface area contributed by atoms with Gasteiger partial charge in [-0.05, 0) is 62.1 Å². The molecule has 3 aliphatic heterocycles. The number of carbonyl (C=O) groups is 2. The molecule has 0 bridgehead atoms. The first-order valence-electron chi connectivity index (χ1n) is 11.6. The van der Waals surface area contributed by atoms with Crippen molar-refractivity contribution in [3.8, 4) is 11.1 Å². The zero-order valence-electron chi connectivity index (χ0n) is 17.9. The zero-order chi connectivity index (χ0) is 21.8. The number of likely N-dealkylation sites (tertiary alicyclic amines) is 1. The van der Waals surface area contributed by atoms with Gasteiger partial charge in [-0.15, -0.1) is 0 Å². The molecule has 1 aliphatic carbocycles. The van der Waals surface area contributed by atoms with Crippen LogP contribution in [0.4, 0.5) is 4.39 Å². The van der Waals surface area contributed by atoms with Crippen molar-refractivity contribution in [2.75, 3.05) is 6.54 Å². The molecule has 4 aliphatic rings. The molecule has 6 rings (SSSR count). The lowest BCUT2D eigenvalue weighted by Gasteiger charge is -2.35. The van der Waals surface area contributed by atoms with Gasteiger partial charge >= 0.3 is 0 Å². The number of amides is 2. The summed E-state index contributed by atoms with van der Waals surface area (Å²) < 4.78 is 13.5. The van der Waals surface area contributed by atoms with Crippen LogP contribution < -0.4 is 0 Å². The number of aromatic nitrogens is 1. The van der Waals surface area contributed by atoms with Crippen LogP contribution in [-0.4, -0.2) is 51.3 Å². The second-order valence-electron chi connectivity index (χ2n) is 9.46. The van der Waals surface area contributed by atoms with E-state index in [4.69, 9.17) is 0 Å². The number of hydrogen-bond acceptors (Lipinski definition) is 4. The second-order valence-corrected chi connectivity index (χ2v) is 9.46. The summed E-state index contributed by atoms with van der Waals surface area (Å²) in [5, 5.41) is 0. The Morgan fingerprint density at radius 1 is 0.969 bits per heavy atom. The average Bonchev–Trinajstić information content (AvgIpc) is 3.53. The van der Waals surface area contributed by atoms with E-state index in [0.29, 0.717) is 0 Å². The minimum absolute atomic E-state index is 0.0287. The van der Waals surface area contributed by atoms with E-state index in [1.54, 1.807) is 17.2 Å². The highest BCUT2D eigenvalue weighted by molar-refractivity contribution is 6.07. The van der Waals surface area contributed by atoms with Gasteiger partial charge in [-0.25, -0.2) is 4.39 Å². The van der Waals surface area contributed by atoms with E-state index in [0.717, 1.165) is 55.5 Å². The van der Waals surface area contributed by atoms with Crippen LogP contribution in [0.1, 0.15) is 37.8 Å². The fourth-order valence-corrected chi connectivity index (χ4v) is 5.90. The highest BCUT2D eigenvalue weighted by atomic mass is 19.1. The lowest BCUT2D eigenvalue weighted by Crippen LogP contribution is -2.46. The molecule has 1 aromatic heterocycles. The average molecular weight is 432 g/mol. The molecule has 1 saturated carbocycles. The summed E-state index contributed by atoms with van der Waals surface area (Å²) in [5.74, 6) is -0.640. The summed E-state index contributed by atoms with van der Waals surface area (Å²) >= 11 is 0. The number of carbonyl (C=O) groups excluding carboxylic acids is 2. The summed E-state index contributed by atoms with van der Waals surface area (Å²) in [6.45, 7) is 0.933. The Morgan fingerprint density at radius 3 is 2.56 bits per heavy atom. The predicted octanol–water partition coefficient (Wildman–Crippen LogP) is 3.90. The van der Waals surface area contributed by atoms with Gasteiger partial charge in [-0.3, -0.25) is 24.4 Å². The van der Waals surface area contributed by atoms with Crippen molar-refractivity contribution in [1.82, 2.24) is 14.8 Å². The van der Waals surface area contributed by atoms with E-state index in [-0.39, 0.29) is 47.6 Å². The number of halogens is 1. The Hall–Kier alpha value is -2.86. The summed E-state index contributed by atoms with van der Waals surface area (Å²) in [6, 6.07) is 10.6. The molecule has 4 atom stereocenters. The van der Waals surface area contributed by atoms with E-state index in [1.807, 2.05) is 24.3 Å². The van der Waals surface area contributed by atoms with Crippen LogP contribution in [-0.2, 0) is 9.59 Å². The van der Waals surface area contributed by atoms with Crippen molar-refractivity contribution in [1.29, 1.82) is 0 Å². The molecule has 0 spiro atoms. The van der Waals surface area contributed by atoms with E-state index >= 15 is 0 Å². The van der Waals surface area contributed by atoms with Gasteiger partial charge in [0.1, 0.15) is 5.82 Å². The molecule has 164 valence electrons. The van der Waals surface area contributed by atoms with Crippen LogP contribution in [0.5, 0.6) is 0 Å². The molecule has 6 heteroatoms. The lowest BCUT2D eigenvalue weighted by atomic mass is 9.87. The molecule has 4 fully saturated rings. The molecule has 2 amide bonds. The van der Waals surface area contributed by atoms with Gasteiger partial charge in [-0.2, -0.15) is 0 Å². The fourth-order valence-electron chi connectivity index (χ4n) is 5.90. The van der Waals surface area contributed by atoms with Gasteiger partial charge in [-0.1, -0.05) is 30.7 Å². The Morgan fingerprint density at radius 2 is 1.81 bits per heavy atom. The third-order valence-corrected chi connectivity index (χ3v) is 7.51. The van der Waals surface area contributed by atoms with Crippen LogP contribution in [0.15, 0.2) is 48.7 Å². The van der Waals surface area contributed by atoms with Crippen molar-refractivity contribution >= 4 is 17.9 Å². The number of rotatable bonds is 4. The molecular formula is C26H26FN3O2. The number of benzene rings is 1. The molecule has 4 heterocycles. The molecular weight excluding hydrogens is 405 g/mol. The Balaban J connectivity index is 1.27. The molecule has 3 saturated heterocycles. The molecule has 2 aromatic rings. The van der Waals surface area contributed by atoms with E-state index in [2.05, 4.69) is 16.0 Å². The highest BCUT2D eigenvalue weighted by Crippen LogP contribution is 2.48. The zero-order valence-corrected chi connectivity index (χ0v) is 17.9. The smallest absolute Gasteiger partial charge is 0.235 e. The third kappa shape index (κ3) is 3.20. The second kappa shape index (κ2) is 7.62. The molecule has 5 nitrogen and oxygen atoms in total. The van der Waals surface area contributed by atoms with Crippen LogP contribution in [0.2, 0.25) is 0 Å². The lowest BCUT2D eigenvalue weighted by molar-refractivity contribution is -0.142. The van der Waals surface area contributed by atoms with Crippen molar-refractivity contribution in [3.05, 3.63) is 60.2 Å². The maximum Gasteiger partial charge on any atom is 0.235 e. The first kappa shape index (κ1) is 19.8. The third-order valence-electron chi connectivity index (χ3n) is 7.51. The number of hydrogen-bond donors (Lipinski definition) is 0. The van der Waals surface area contributed by atoms with Gasteiger partial charge in [0.25, 0.3) is 0 Å². The van der Waals surface area contributed by atoms with Crippen LogP contribution in [0.25, 0.3) is 17.2 Å². The van der Waals surface area contributed by atoms with Gasteiger partial charge in [0, 0.05) is 29.9 Å². The quantitative estimate of drug-likeness (QED) is 0.689. The van der Waals surface area contributed by atoms with Gasteiger partial charge < -0.3 is 0 Å². The number of pyridine rings is 1. The Labute approximate surface area is 186 Å². The molecule has 0 radical (unpaired) electrons. The highest BCUT2D eigenvalue weighted by Gasteiger charge is 2.63. The predicted molar refractivity (Wildman–Crippen MR) is 119 cm³/mol. The van der Waals surface area contributed by atoms with Crippen LogP contribution in [0.3, 0.4) is 0 Å². The normalized spacial score (nSPS) is 30.2. The van der Waals surface area contributed by atoms with Crippen molar-refractivity contribution in [3.63, 3.8) is 0 Å². The van der Waals surface area contributed by atoms with E-state index < -0.39 is 0 Å². The van der Waals surface area contributed by atoms with Gasteiger partial charge in [0.05, 0.1) is 17.5 Å². The maximum absolute atomic E-state index is 13.5. The first-order valence-corrected chi connectivity index (χ1v) is 11.6. The van der Waals surface area contributed by atoms with E-state index in [1.165, 1.54) is 12.1 Å². The minimum atomic E-state index is -0.269. The molecule has 0 N–H and O–H groups in total. The summed E-state index contributed by atoms with van der Waals surface area (Å²) in [4.78, 5) is 34.9. The first-order chi connectivity index (χ1) is 15.6. The summed E-state index contributed by atoms with van der Waals surface area (Å²) in [7, 11) is 0. The minimum Gasteiger partial charge on any atom is -0.292 e. The largest absolute Gasteiger partial charge is 0.292 e. The number of imide groups is 1. The Kier molecular flexibility index (Phi) is 4.72. The Bertz CT molecular complexity index is 1090. The fraction of sp³-hybridized carbons (Fsp3) is 0.423. The molecule has 4 unspecified atom stereocenters. The van der Waals surface area contributed by atoms with Crippen LogP contribution in [0, 0.1) is 17.7 Å². The number of fused-ring (bicyclic) bond motifs is 3. The molecule has 32 heavy (non-hydrogen) atoms. The monoisotopic (exact) mass is 431 g/mol. The van der Waals surface area contributed by atoms with Gasteiger partial charge in [0.2, 0.25) is 11.8 Å². The standard InChI is InChI=1S/C26H26FN3O2/c27-18-5-3-4-16(14-18)17-7-8-19(28-15-17)9-12-22-24-23(21-6-1-2-13-29(21)22)25(31)30(26(24)32)20-10-11-20/h3-5,7-9,12,14-15,20-24H,1-2,6,10-11,13H2/b12-9+. The topological polar surface area (TPSA) is 53.5 Å². The maximum atomic E-state index is 13.5. The van der Waals surface area contributed by atoms with Crippen molar-refractivity contribution in [2.24, 2.45) is 11.8 Å². The summed E-state index contributed by atoms with van der Waals surface area (Å²) in [5.41, 5.74) is 2.44. The number of nitrogens with zero attached hydrogens (tertiary/aromatic N) is 3. The number of piperidine rings is 1. The van der Waals surface area contributed by atoms with Crippen molar-refractivity contribution in [2.45, 2.75) is 50.2 Å². The van der Waals surface area contributed by atoms with Gasteiger partial charge in [0.15, 0.2) is 0 Å². The van der Waals surface area contributed by atoms with E-state index in [9.17, 15) is 14.0 Å². The van der Waals surface area contributed by atoms with Crippen molar-refractivity contribution < 1.29 is 14.0 Å². The summed E-state index contributed by atoms with van der Waals surface area (Å²) in [6.07, 6.45) is 10.9. The van der Waals surface area contributed by atoms with Crippen LogP contribution >= 0.6 is 0 Å². The molecule has 1 aromatic carbocycles. The SMILES string of the molecule is O=C1C2C(C(=O)N1C1CC1)C1CCCCN1C2/C=C/c1ccc(-c2cccc(F)c2)cn1.